The second kappa shape index (κ2) is 13.1. The monoisotopic (exact) mass is 448 g/mol. The maximum absolute atomic E-state index is 6.03. The molecule has 2 atom stereocenters. The van der Waals surface area contributed by atoms with Gasteiger partial charge in [0.2, 0.25) is 0 Å². The number of hydrogen-bond acceptors (Lipinski definition) is 6. The molecule has 1 aromatic heterocycles. The zero-order valence-corrected chi connectivity index (χ0v) is 20.6. The van der Waals surface area contributed by atoms with Gasteiger partial charge in [-0.25, -0.2) is 0 Å². The van der Waals surface area contributed by atoms with Crippen LogP contribution in [0.4, 0.5) is 0 Å². The summed E-state index contributed by atoms with van der Waals surface area (Å²) in [6, 6.07) is 0.551. The molecule has 2 aliphatic rings. The van der Waals surface area contributed by atoms with Gasteiger partial charge in [0, 0.05) is 51.7 Å². The minimum Gasteiger partial charge on any atom is -0.374 e. The maximum atomic E-state index is 6.03. The lowest BCUT2D eigenvalue weighted by atomic mass is 10.2. The molecule has 9 heteroatoms. The molecular weight excluding hydrogens is 404 g/mol. The van der Waals surface area contributed by atoms with Crippen molar-refractivity contribution in [3.05, 3.63) is 12.2 Å². The summed E-state index contributed by atoms with van der Waals surface area (Å²) >= 11 is 0. The highest BCUT2D eigenvalue weighted by molar-refractivity contribution is 5.79. The lowest BCUT2D eigenvalue weighted by Gasteiger charge is -2.34. The average Bonchev–Trinajstić information content (AvgIpc) is 3.43. The van der Waals surface area contributed by atoms with Crippen LogP contribution in [0.1, 0.15) is 46.4 Å². The third kappa shape index (κ3) is 7.71. The highest BCUT2D eigenvalue weighted by atomic mass is 16.5. The molecular formula is C23H44N8O. The van der Waals surface area contributed by atoms with E-state index in [0.29, 0.717) is 12.0 Å². The van der Waals surface area contributed by atoms with Gasteiger partial charge in [-0.2, -0.15) is 0 Å². The molecule has 182 valence electrons. The molecule has 2 unspecified atom stereocenters. The zero-order valence-electron chi connectivity index (χ0n) is 20.6. The molecule has 0 amide bonds. The van der Waals surface area contributed by atoms with Crippen LogP contribution in [0.25, 0.3) is 0 Å². The highest BCUT2D eigenvalue weighted by Crippen LogP contribution is 2.16. The van der Waals surface area contributed by atoms with Crippen LogP contribution in [-0.2, 0) is 17.7 Å². The van der Waals surface area contributed by atoms with Crippen molar-refractivity contribution in [1.82, 2.24) is 35.2 Å². The fourth-order valence-corrected chi connectivity index (χ4v) is 4.72. The SMILES string of the molecule is CCc1nncn1CCNC(=NCC1CCCN1CC)NCC1CN(CC(C)C)CCO1. The highest BCUT2D eigenvalue weighted by Gasteiger charge is 2.23. The first kappa shape index (κ1) is 24.9. The van der Waals surface area contributed by atoms with Gasteiger partial charge in [0.15, 0.2) is 5.96 Å². The fourth-order valence-electron chi connectivity index (χ4n) is 4.72. The Bertz CT molecular complexity index is 691. The molecule has 0 saturated carbocycles. The molecule has 3 heterocycles. The van der Waals surface area contributed by atoms with Crippen LogP contribution in [0.15, 0.2) is 11.3 Å². The van der Waals surface area contributed by atoms with E-state index in [2.05, 4.69) is 62.9 Å². The number of aryl methyl sites for hydroxylation is 1. The van der Waals surface area contributed by atoms with E-state index in [0.717, 1.165) is 77.2 Å². The van der Waals surface area contributed by atoms with Gasteiger partial charge in [-0.3, -0.25) is 14.8 Å². The Labute approximate surface area is 194 Å². The van der Waals surface area contributed by atoms with E-state index >= 15 is 0 Å². The molecule has 0 bridgehead atoms. The Hall–Kier alpha value is -1.71. The van der Waals surface area contributed by atoms with Crippen LogP contribution >= 0.6 is 0 Å². The Kier molecular flexibility index (Phi) is 10.2. The molecule has 0 aromatic carbocycles. The van der Waals surface area contributed by atoms with Crippen LogP contribution in [0.5, 0.6) is 0 Å². The predicted octanol–water partition coefficient (Wildman–Crippen LogP) is 1.22. The fraction of sp³-hybridized carbons (Fsp3) is 0.870. The van der Waals surface area contributed by atoms with Gasteiger partial charge >= 0.3 is 0 Å². The number of guanidine groups is 1. The van der Waals surface area contributed by atoms with E-state index in [4.69, 9.17) is 9.73 Å². The summed E-state index contributed by atoms with van der Waals surface area (Å²) in [5.74, 6) is 2.58. The molecule has 2 fully saturated rings. The van der Waals surface area contributed by atoms with E-state index in [1.54, 1.807) is 0 Å². The van der Waals surface area contributed by atoms with Crippen LogP contribution in [-0.4, -0.2) is 102 Å². The third-order valence-corrected chi connectivity index (χ3v) is 6.37. The Morgan fingerprint density at radius 3 is 2.94 bits per heavy atom. The summed E-state index contributed by atoms with van der Waals surface area (Å²) < 4.78 is 8.14. The molecule has 32 heavy (non-hydrogen) atoms. The van der Waals surface area contributed by atoms with E-state index < -0.39 is 0 Å². The largest absolute Gasteiger partial charge is 0.374 e. The smallest absolute Gasteiger partial charge is 0.191 e. The number of morpholine rings is 1. The summed E-state index contributed by atoms with van der Waals surface area (Å²) in [5, 5.41) is 15.3. The number of hydrogen-bond donors (Lipinski definition) is 2. The number of aromatic nitrogens is 3. The number of rotatable bonds is 11. The van der Waals surface area contributed by atoms with Gasteiger partial charge in [-0.1, -0.05) is 27.7 Å². The molecule has 0 radical (unpaired) electrons. The van der Waals surface area contributed by atoms with Crippen molar-refractivity contribution < 1.29 is 4.74 Å². The number of ether oxygens (including phenoxy) is 1. The van der Waals surface area contributed by atoms with E-state index in [9.17, 15) is 0 Å². The lowest BCUT2D eigenvalue weighted by Crippen LogP contribution is -2.50. The lowest BCUT2D eigenvalue weighted by molar-refractivity contribution is -0.0284. The van der Waals surface area contributed by atoms with Gasteiger partial charge in [-0.15, -0.1) is 10.2 Å². The Balaban J connectivity index is 1.53. The molecule has 2 saturated heterocycles. The van der Waals surface area contributed by atoms with Crippen LogP contribution in [0.3, 0.4) is 0 Å². The summed E-state index contributed by atoms with van der Waals surface area (Å²) in [6.45, 7) is 18.4. The third-order valence-electron chi connectivity index (χ3n) is 6.37. The Morgan fingerprint density at radius 2 is 2.16 bits per heavy atom. The van der Waals surface area contributed by atoms with Crippen LogP contribution in [0.2, 0.25) is 0 Å². The second-order valence-electron chi connectivity index (χ2n) is 9.36. The average molecular weight is 449 g/mol. The molecule has 3 rings (SSSR count). The standard InChI is InChI=1S/C23H44N8O/c1-5-22-28-27-18-31(22)11-9-24-23(25-14-20-8-7-10-30(20)6-2)26-15-21-17-29(12-13-32-21)16-19(3)4/h18-21H,5-17H2,1-4H3,(H2,24,25,26). The number of aliphatic imine (C=N–C) groups is 1. The summed E-state index contributed by atoms with van der Waals surface area (Å²) in [5.41, 5.74) is 0. The van der Waals surface area contributed by atoms with Gasteiger partial charge in [0.05, 0.1) is 19.3 Å². The zero-order chi connectivity index (χ0) is 22.8. The van der Waals surface area contributed by atoms with Crippen LogP contribution < -0.4 is 10.6 Å². The molecule has 9 nitrogen and oxygen atoms in total. The first-order valence-corrected chi connectivity index (χ1v) is 12.6. The second-order valence-corrected chi connectivity index (χ2v) is 9.36. The number of nitrogens with zero attached hydrogens (tertiary/aromatic N) is 6. The molecule has 2 aliphatic heterocycles. The van der Waals surface area contributed by atoms with Crippen molar-refractivity contribution in [3.8, 4) is 0 Å². The predicted molar refractivity (Wildman–Crippen MR) is 129 cm³/mol. The van der Waals surface area contributed by atoms with Crippen molar-refractivity contribution in [2.24, 2.45) is 10.9 Å². The van der Waals surface area contributed by atoms with E-state index in [1.807, 2.05) is 6.33 Å². The minimum absolute atomic E-state index is 0.192. The minimum atomic E-state index is 0.192. The van der Waals surface area contributed by atoms with Gasteiger partial charge in [0.1, 0.15) is 12.2 Å². The number of likely N-dealkylation sites (tertiary alicyclic amines) is 1. The molecule has 0 spiro atoms. The van der Waals surface area contributed by atoms with Crippen LogP contribution in [0, 0.1) is 5.92 Å². The summed E-state index contributed by atoms with van der Waals surface area (Å²) in [7, 11) is 0. The van der Waals surface area contributed by atoms with E-state index in [-0.39, 0.29) is 6.10 Å². The molecule has 2 N–H and O–H groups in total. The van der Waals surface area contributed by atoms with Crippen molar-refractivity contribution in [2.75, 3.05) is 59.0 Å². The first-order chi connectivity index (χ1) is 15.6. The van der Waals surface area contributed by atoms with Crippen molar-refractivity contribution in [1.29, 1.82) is 0 Å². The van der Waals surface area contributed by atoms with Crippen molar-refractivity contribution in [2.45, 2.75) is 65.6 Å². The van der Waals surface area contributed by atoms with Crippen molar-refractivity contribution >= 4 is 5.96 Å². The normalized spacial score (nSPS) is 23.2. The summed E-state index contributed by atoms with van der Waals surface area (Å²) in [6.07, 6.45) is 5.40. The van der Waals surface area contributed by atoms with Gasteiger partial charge < -0.3 is 19.9 Å². The quantitative estimate of drug-likeness (QED) is 0.389. The number of likely N-dealkylation sites (N-methyl/N-ethyl adjacent to an activating group) is 1. The van der Waals surface area contributed by atoms with E-state index in [1.165, 1.54) is 19.4 Å². The maximum Gasteiger partial charge on any atom is 0.191 e. The van der Waals surface area contributed by atoms with Gasteiger partial charge in [0.25, 0.3) is 0 Å². The Morgan fingerprint density at radius 1 is 1.28 bits per heavy atom. The first-order valence-electron chi connectivity index (χ1n) is 12.6. The topological polar surface area (TPSA) is 82.8 Å². The van der Waals surface area contributed by atoms with Crippen molar-refractivity contribution in [3.63, 3.8) is 0 Å². The number of nitrogens with one attached hydrogen (secondary N) is 2. The molecule has 1 aromatic rings. The summed E-state index contributed by atoms with van der Waals surface area (Å²) in [4.78, 5) is 10.0. The van der Waals surface area contributed by atoms with Gasteiger partial charge in [-0.05, 0) is 31.8 Å². The molecule has 0 aliphatic carbocycles.